The van der Waals surface area contributed by atoms with Gasteiger partial charge in [-0.25, -0.2) is 0 Å². The van der Waals surface area contributed by atoms with Gasteiger partial charge in [-0.2, -0.15) is 0 Å². The number of rotatable bonds is 3. The van der Waals surface area contributed by atoms with Crippen LogP contribution < -0.4 is 10.2 Å². The van der Waals surface area contributed by atoms with Gasteiger partial charge in [0.1, 0.15) is 0 Å². The predicted molar refractivity (Wildman–Crippen MR) is 92.3 cm³/mol. The van der Waals surface area contributed by atoms with Gasteiger partial charge in [0.05, 0.1) is 0 Å². The van der Waals surface area contributed by atoms with Gasteiger partial charge in [-0.15, -0.1) is 0 Å². The molecule has 1 N–H and O–H groups in total. The molecule has 1 aromatic heterocycles. The van der Waals surface area contributed by atoms with Crippen LogP contribution in [0.4, 0.5) is 11.6 Å². The molecule has 24 heavy (non-hydrogen) atoms. The molecule has 1 saturated heterocycles. The Hall–Kier alpha value is -2.76. The summed E-state index contributed by atoms with van der Waals surface area (Å²) in [6.07, 6.45) is 0. The zero-order chi connectivity index (χ0) is 17.1. The molecule has 2 aromatic rings. The van der Waals surface area contributed by atoms with Crippen LogP contribution in [-0.2, 0) is 4.79 Å². The quantitative estimate of drug-likeness (QED) is 0.941. The van der Waals surface area contributed by atoms with Crippen LogP contribution in [0.25, 0.3) is 0 Å². The number of nitrogens with one attached hydrogen (secondary N) is 1. The highest BCUT2D eigenvalue weighted by atomic mass is 16.4. The molecule has 1 aliphatic heterocycles. The number of furan rings is 1. The van der Waals surface area contributed by atoms with Gasteiger partial charge in [0.25, 0.3) is 5.91 Å². The van der Waals surface area contributed by atoms with Gasteiger partial charge in [0.2, 0.25) is 5.91 Å². The topological polar surface area (TPSA) is 65.8 Å². The third-order valence-corrected chi connectivity index (χ3v) is 4.05. The normalized spacial score (nSPS) is 14.6. The number of aryl methyl sites for hydroxylation is 1. The summed E-state index contributed by atoms with van der Waals surface area (Å²) in [6, 6.07) is 11.6. The Morgan fingerprint density at radius 1 is 1.08 bits per heavy atom. The van der Waals surface area contributed by atoms with Crippen LogP contribution in [0.2, 0.25) is 0 Å². The van der Waals surface area contributed by atoms with Crippen LogP contribution in [0, 0.1) is 6.92 Å². The van der Waals surface area contributed by atoms with Crippen molar-refractivity contribution in [1.82, 2.24) is 4.90 Å². The Balaban J connectivity index is 1.61. The monoisotopic (exact) mass is 327 g/mol. The van der Waals surface area contributed by atoms with Gasteiger partial charge >= 0.3 is 0 Å². The molecule has 126 valence electrons. The second-order valence-corrected chi connectivity index (χ2v) is 5.96. The summed E-state index contributed by atoms with van der Waals surface area (Å²) < 4.78 is 5.40. The molecule has 0 radical (unpaired) electrons. The molecule has 6 heteroatoms. The summed E-state index contributed by atoms with van der Waals surface area (Å²) in [7, 11) is 0. The average Bonchev–Trinajstić information content (AvgIpc) is 3.02. The molecule has 0 bridgehead atoms. The molecular weight excluding hydrogens is 306 g/mol. The standard InChI is InChI=1S/C18H21N3O3/c1-13-4-3-5-15(12-13)20-8-10-21(11-9-20)18(23)16-6-7-17(24-16)19-14(2)22/h3-7,12H,8-11H2,1-2H3,(H,19,22). The highest BCUT2D eigenvalue weighted by Gasteiger charge is 2.24. The van der Waals surface area contributed by atoms with Crippen molar-refractivity contribution in [3.63, 3.8) is 0 Å². The molecule has 0 spiro atoms. The number of carbonyl (C=O) groups is 2. The Morgan fingerprint density at radius 2 is 1.83 bits per heavy atom. The second-order valence-electron chi connectivity index (χ2n) is 5.96. The van der Waals surface area contributed by atoms with E-state index < -0.39 is 0 Å². The van der Waals surface area contributed by atoms with Crippen LogP contribution in [0.1, 0.15) is 23.0 Å². The van der Waals surface area contributed by atoms with Crippen LogP contribution in [0.15, 0.2) is 40.8 Å². The van der Waals surface area contributed by atoms with E-state index >= 15 is 0 Å². The first-order valence-corrected chi connectivity index (χ1v) is 8.01. The van der Waals surface area contributed by atoms with Crippen molar-refractivity contribution in [2.24, 2.45) is 0 Å². The number of anilines is 2. The minimum atomic E-state index is -0.227. The number of nitrogens with zero attached hydrogens (tertiary/aromatic N) is 2. The Bertz CT molecular complexity index is 745. The van der Waals surface area contributed by atoms with Crippen molar-refractivity contribution in [1.29, 1.82) is 0 Å². The molecular formula is C18H21N3O3. The molecule has 1 aromatic carbocycles. The van der Waals surface area contributed by atoms with Crippen molar-refractivity contribution in [2.45, 2.75) is 13.8 Å². The maximum Gasteiger partial charge on any atom is 0.289 e. The first-order valence-electron chi connectivity index (χ1n) is 8.01. The molecule has 2 amide bonds. The highest BCUT2D eigenvalue weighted by molar-refractivity contribution is 5.93. The van der Waals surface area contributed by atoms with Gasteiger partial charge in [0.15, 0.2) is 11.6 Å². The van der Waals surface area contributed by atoms with E-state index in [1.807, 2.05) is 0 Å². The van der Waals surface area contributed by atoms with E-state index in [1.54, 1.807) is 17.0 Å². The first-order chi connectivity index (χ1) is 11.5. The summed E-state index contributed by atoms with van der Waals surface area (Å²) in [5, 5.41) is 2.53. The van der Waals surface area contributed by atoms with Crippen LogP contribution in [0.5, 0.6) is 0 Å². The second kappa shape index (κ2) is 6.78. The summed E-state index contributed by atoms with van der Waals surface area (Å²) >= 11 is 0. The van der Waals surface area contributed by atoms with E-state index in [9.17, 15) is 9.59 Å². The van der Waals surface area contributed by atoms with Gasteiger partial charge < -0.3 is 14.2 Å². The molecule has 3 rings (SSSR count). The number of hydrogen-bond acceptors (Lipinski definition) is 4. The van der Waals surface area contributed by atoms with E-state index in [2.05, 4.69) is 41.4 Å². The van der Waals surface area contributed by atoms with Gasteiger partial charge in [0, 0.05) is 44.9 Å². The van der Waals surface area contributed by atoms with E-state index in [1.165, 1.54) is 18.2 Å². The maximum atomic E-state index is 12.5. The minimum absolute atomic E-state index is 0.143. The summed E-state index contributed by atoms with van der Waals surface area (Å²) in [6.45, 7) is 6.33. The largest absolute Gasteiger partial charge is 0.435 e. The van der Waals surface area contributed by atoms with Crippen LogP contribution in [-0.4, -0.2) is 42.9 Å². The number of hydrogen-bond donors (Lipinski definition) is 1. The predicted octanol–water partition coefficient (Wildman–Crippen LogP) is 2.51. The zero-order valence-corrected chi connectivity index (χ0v) is 13.9. The van der Waals surface area contributed by atoms with Crippen LogP contribution >= 0.6 is 0 Å². The first kappa shape index (κ1) is 16.1. The van der Waals surface area contributed by atoms with Gasteiger partial charge in [-0.3, -0.25) is 14.9 Å². The Labute approximate surface area is 141 Å². The molecule has 1 fully saturated rings. The molecule has 0 atom stereocenters. The van der Waals surface area contributed by atoms with Crippen molar-refractivity contribution < 1.29 is 14.0 Å². The molecule has 2 heterocycles. The van der Waals surface area contributed by atoms with E-state index in [-0.39, 0.29) is 17.6 Å². The number of piperazine rings is 1. The summed E-state index contributed by atoms with van der Waals surface area (Å²) in [5.74, 6) is 0.178. The lowest BCUT2D eigenvalue weighted by molar-refractivity contribution is -0.114. The number of carbonyl (C=O) groups excluding carboxylic acids is 2. The fraction of sp³-hybridized carbons (Fsp3) is 0.333. The zero-order valence-electron chi connectivity index (χ0n) is 13.9. The summed E-state index contributed by atoms with van der Waals surface area (Å²) in [4.78, 5) is 27.6. The third-order valence-electron chi connectivity index (χ3n) is 4.05. The lowest BCUT2D eigenvalue weighted by atomic mass is 10.2. The van der Waals surface area contributed by atoms with Crippen molar-refractivity contribution in [3.8, 4) is 0 Å². The highest BCUT2D eigenvalue weighted by Crippen LogP contribution is 2.20. The smallest absolute Gasteiger partial charge is 0.289 e. The number of benzene rings is 1. The molecule has 0 aliphatic carbocycles. The molecule has 6 nitrogen and oxygen atoms in total. The van der Waals surface area contributed by atoms with E-state index in [4.69, 9.17) is 4.42 Å². The minimum Gasteiger partial charge on any atom is -0.435 e. The number of amides is 2. The average molecular weight is 327 g/mol. The molecule has 0 saturated carbocycles. The fourth-order valence-electron chi connectivity index (χ4n) is 2.84. The van der Waals surface area contributed by atoms with Crippen molar-refractivity contribution in [2.75, 3.05) is 36.4 Å². The Morgan fingerprint density at radius 3 is 2.50 bits per heavy atom. The maximum absolute atomic E-state index is 12.5. The fourth-order valence-corrected chi connectivity index (χ4v) is 2.84. The van der Waals surface area contributed by atoms with E-state index in [0.29, 0.717) is 19.0 Å². The van der Waals surface area contributed by atoms with Gasteiger partial charge in [-0.05, 0) is 30.7 Å². The third kappa shape index (κ3) is 3.59. The SMILES string of the molecule is CC(=O)Nc1ccc(C(=O)N2CCN(c3cccc(C)c3)CC2)o1. The lowest BCUT2D eigenvalue weighted by Crippen LogP contribution is -2.48. The van der Waals surface area contributed by atoms with Crippen LogP contribution in [0.3, 0.4) is 0 Å². The van der Waals surface area contributed by atoms with Crippen molar-refractivity contribution >= 4 is 23.4 Å². The summed E-state index contributed by atoms with van der Waals surface area (Å²) in [5.41, 5.74) is 2.42. The van der Waals surface area contributed by atoms with Crippen molar-refractivity contribution in [3.05, 3.63) is 47.7 Å². The Kier molecular flexibility index (Phi) is 4.55. The molecule has 1 aliphatic rings. The van der Waals surface area contributed by atoms with E-state index in [0.717, 1.165) is 13.1 Å². The molecule has 0 unspecified atom stereocenters. The van der Waals surface area contributed by atoms with Gasteiger partial charge in [-0.1, -0.05) is 12.1 Å². The lowest BCUT2D eigenvalue weighted by Gasteiger charge is -2.35.